The van der Waals surface area contributed by atoms with E-state index in [0.29, 0.717) is 17.4 Å². The smallest absolute Gasteiger partial charge is 0.306 e. The van der Waals surface area contributed by atoms with Gasteiger partial charge in [-0.1, -0.05) is 197 Å². The molecule has 0 saturated carbocycles. The number of rotatable bonds is 46. The Morgan fingerprint density at radius 2 is 0.918 bits per heavy atom. The quantitative estimate of drug-likeness (QED) is 0.0150. The van der Waals surface area contributed by atoms with Crippen LogP contribution in [0.3, 0.4) is 0 Å². The van der Waals surface area contributed by atoms with Gasteiger partial charge < -0.3 is 27.9 Å². The van der Waals surface area contributed by atoms with Gasteiger partial charge in [-0.2, -0.15) is 0 Å². The van der Waals surface area contributed by atoms with Crippen molar-refractivity contribution in [2.45, 2.75) is 219 Å². The van der Waals surface area contributed by atoms with Crippen LogP contribution < -0.4 is 4.89 Å². The Morgan fingerprint density at radius 3 is 1.36 bits per heavy atom. The second-order valence-electron chi connectivity index (χ2n) is 17.9. The average molecular weight is 878 g/mol. The number of nitrogens with zero attached hydrogens (tertiary/aromatic N) is 1. The highest BCUT2D eigenvalue weighted by Gasteiger charge is 2.20. The molecule has 61 heavy (non-hydrogen) atoms. The molecule has 0 N–H and O–H groups in total. The molecule has 0 aliphatic carbocycles. The van der Waals surface area contributed by atoms with Crippen LogP contribution in [0.25, 0.3) is 0 Å². The van der Waals surface area contributed by atoms with Crippen molar-refractivity contribution in [2.75, 3.05) is 47.5 Å². The van der Waals surface area contributed by atoms with Gasteiger partial charge in [-0.05, 0) is 63.9 Å². The van der Waals surface area contributed by atoms with Crippen LogP contribution in [0.4, 0.5) is 0 Å². The number of ether oxygens (including phenoxy) is 2. The highest BCUT2D eigenvalue weighted by atomic mass is 31.2. The number of phosphoric acid groups is 1. The fourth-order valence-corrected chi connectivity index (χ4v) is 7.47. The van der Waals surface area contributed by atoms with Gasteiger partial charge in [0.15, 0.2) is 6.10 Å². The molecular formula is C52H96NO7P. The minimum Gasteiger partial charge on any atom is -0.756 e. The molecule has 1 unspecified atom stereocenters. The van der Waals surface area contributed by atoms with Crippen molar-refractivity contribution < 1.29 is 37.3 Å². The summed E-state index contributed by atoms with van der Waals surface area (Å²) in [5.74, 6) is -0.409. The number of hydrogen-bond acceptors (Lipinski definition) is 7. The van der Waals surface area contributed by atoms with Crippen molar-refractivity contribution in [3.05, 3.63) is 60.9 Å². The topological polar surface area (TPSA) is 94.1 Å². The molecule has 0 heterocycles. The van der Waals surface area contributed by atoms with Gasteiger partial charge in [-0.15, -0.1) is 0 Å². The first-order chi connectivity index (χ1) is 29.6. The van der Waals surface area contributed by atoms with Crippen LogP contribution in [0.15, 0.2) is 60.9 Å². The minimum absolute atomic E-state index is 0.00247. The van der Waals surface area contributed by atoms with E-state index in [1.807, 2.05) is 27.2 Å². The molecule has 0 fully saturated rings. The lowest BCUT2D eigenvalue weighted by molar-refractivity contribution is -0.870. The van der Waals surface area contributed by atoms with Gasteiger partial charge in [-0.3, -0.25) is 9.36 Å². The monoisotopic (exact) mass is 878 g/mol. The number of quaternary nitrogens is 1. The average Bonchev–Trinajstić information content (AvgIpc) is 3.22. The van der Waals surface area contributed by atoms with Gasteiger partial charge in [0, 0.05) is 6.42 Å². The molecule has 0 amide bonds. The summed E-state index contributed by atoms with van der Waals surface area (Å²) in [7, 11) is 1.29. The standard InChI is InChI=1S/C52H96NO7P/c1-6-8-10-12-14-16-18-20-22-24-26-27-28-29-31-33-35-37-39-41-43-45-52(54)60-51(50-59-61(55,56)58-48-46-53(3,4)5)49-57-47-44-42-40-38-36-34-32-30-25-23-21-19-17-15-13-11-9-7-2/h22,24,27-28,31,33,37,39,44,47,51H,6-21,23,25-26,29-30,32,34-36,38,40-43,45-46,48-50H2,1-5H3/b24-22+,28-27+,33-31+,39-37+,47-44+/t51-/m1/s1. The normalized spacial score (nSPS) is 14.1. The Kier molecular flexibility index (Phi) is 43.2. The van der Waals surface area contributed by atoms with E-state index in [4.69, 9.17) is 18.5 Å². The zero-order valence-corrected chi connectivity index (χ0v) is 41.2. The molecule has 0 bridgehead atoms. The number of carbonyl (C=O) groups is 1. The summed E-state index contributed by atoms with van der Waals surface area (Å²) in [6.45, 7) is 4.69. The molecule has 0 saturated heterocycles. The minimum atomic E-state index is -4.56. The van der Waals surface area contributed by atoms with Crippen molar-refractivity contribution in [1.82, 2.24) is 0 Å². The van der Waals surface area contributed by atoms with E-state index < -0.39 is 19.9 Å². The molecule has 9 heteroatoms. The summed E-state index contributed by atoms with van der Waals surface area (Å²) in [5, 5.41) is 0. The van der Waals surface area contributed by atoms with Crippen LogP contribution in [-0.2, 0) is 27.9 Å². The van der Waals surface area contributed by atoms with Gasteiger partial charge in [0.05, 0.1) is 34.0 Å². The molecule has 0 aromatic carbocycles. The second-order valence-corrected chi connectivity index (χ2v) is 19.3. The summed E-state index contributed by atoms with van der Waals surface area (Å²) in [6, 6.07) is 0. The third kappa shape index (κ3) is 48.9. The van der Waals surface area contributed by atoms with Gasteiger partial charge in [0.2, 0.25) is 0 Å². The molecule has 0 aliphatic rings. The molecule has 356 valence electrons. The Bertz CT molecular complexity index is 1160. The van der Waals surface area contributed by atoms with Crippen LogP contribution in [0, 0.1) is 0 Å². The SMILES string of the molecule is CCCCCCCCC/C=C/C/C=C/C/C=C/C/C=C/CCCC(=O)O[C@H](CO/C=C/CCCCCCCCCCCCCCCCCC)COP(=O)([O-])OCC[N+](C)(C)C. The number of esters is 1. The maximum Gasteiger partial charge on any atom is 0.306 e. The van der Waals surface area contributed by atoms with Crippen molar-refractivity contribution in [3.63, 3.8) is 0 Å². The van der Waals surface area contributed by atoms with E-state index in [1.165, 1.54) is 148 Å². The van der Waals surface area contributed by atoms with Crippen LogP contribution in [-0.4, -0.2) is 64.1 Å². The summed E-state index contributed by atoms with van der Waals surface area (Å²) in [5.41, 5.74) is 0. The Morgan fingerprint density at radius 1 is 0.525 bits per heavy atom. The van der Waals surface area contributed by atoms with E-state index in [0.717, 1.165) is 38.5 Å². The Hall–Kier alpha value is -1.96. The van der Waals surface area contributed by atoms with E-state index in [2.05, 4.69) is 62.5 Å². The molecule has 0 aromatic rings. The molecule has 0 rings (SSSR count). The van der Waals surface area contributed by atoms with E-state index in [1.54, 1.807) is 6.26 Å². The number of likely N-dealkylation sites (N-methyl/N-ethyl adjacent to an activating group) is 1. The van der Waals surface area contributed by atoms with Gasteiger partial charge in [0.25, 0.3) is 7.82 Å². The number of phosphoric ester groups is 1. The summed E-state index contributed by atoms with van der Waals surface area (Å²) in [4.78, 5) is 25.1. The molecule has 8 nitrogen and oxygen atoms in total. The lowest BCUT2D eigenvalue weighted by Gasteiger charge is -2.28. The van der Waals surface area contributed by atoms with E-state index >= 15 is 0 Å². The van der Waals surface area contributed by atoms with Gasteiger partial charge in [0.1, 0.15) is 19.8 Å². The maximum absolute atomic E-state index is 12.7. The fourth-order valence-electron chi connectivity index (χ4n) is 6.74. The molecule has 0 radical (unpaired) electrons. The Balaban J connectivity index is 4.31. The first kappa shape index (κ1) is 59.0. The summed E-state index contributed by atoms with van der Waals surface area (Å²) in [6.07, 6.45) is 57.8. The van der Waals surface area contributed by atoms with E-state index in [-0.39, 0.29) is 26.2 Å². The second kappa shape index (κ2) is 44.6. The predicted octanol–water partition coefficient (Wildman–Crippen LogP) is 15.0. The highest BCUT2D eigenvalue weighted by Crippen LogP contribution is 2.38. The zero-order chi connectivity index (χ0) is 44.8. The predicted molar refractivity (Wildman–Crippen MR) is 258 cm³/mol. The van der Waals surface area contributed by atoms with Crippen molar-refractivity contribution in [1.29, 1.82) is 0 Å². The lowest BCUT2D eigenvalue weighted by atomic mass is 10.0. The van der Waals surface area contributed by atoms with Crippen LogP contribution in [0.5, 0.6) is 0 Å². The van der Waals surface area contributed by atoms with Crippen LogP contribution >= 0.6 is 7.82 Å². The van der Waals surface area contributed by atoms with Crippen molar-refractivity contribution >= 4 is 13.8 Å². The van der Waals surface area contributed by atoms with Crippen molar-refractivity contribution in [3.8, 4) is 0 Å². The van der Waals surface area contributed by atoms with Crippen LogP contribution in [0.1, 0.15) is 213 Å². The molecule has 0 spiro atoms. The summed E-state index contributed by atoms with van der Waals surface area (Å²) < 4.78 is 34.4. The fraction of sp³-hybridized carbons (Fsp3) is 0.788. The van der Waals surface area contributed by atoms with E-state index in [9.17, 15) is 14.3 Å². The molecule has 0 aliphatic heterocycles. The van der Waals surface area contributed by atoms with Gasteiger partial charge >= 0.3 is 5.97 Å². The first-order valence-corrected chi connectivity index (χ1v) is 26.5. The molecular weight excluding hydrogens is 782 g/mol. The van der Waals surface area contributed by atoms with Crippen LogP contribution in [0.2, 0.25) is 0 Å². The molecule has 2 atom stereocenters. The number of carbonyl (C=O) groups excluding carboxylic acids is 1. The maximum atomic E-state index is 12.7. The number of unbranched alkanes of at least 4 members (excludes halogenated alkanes) is 24. The third-order valence-electron chi connectivity index (χ3n) is 10.6. The highest BCUT2D eigenvalue weighted by molar-refractivity contribution is 7.45. The Labute approximate surface area is 377 Å². The number of allylic oxidation sites excluding steroid dienone is 9. The lowest BCUT2D eigenvalue weighted by Crippen LogP contribution is -2.37. The largest absolute Gasteiger partial charge is 0.756 e. The summed E-state index contributed by atoms with van der Waals surface area (Å²) >= 11 is 0. The third-order valence-corrected chi connectivity index (χ3v) is 11.6. The van der Waals surface area contributed by atoms with Gasteiger partial charge in [-0.25, -0.2) is 0 Å². The molecule has 0 aromatic heterocycles. The zero-order valence-electron chi connectivity index (χ0n) is 40.4. The van der Waals surface area contributed by atoms with Crippen molar-refractivity contribution in [2.24, 2.45) is 0 Å². The first-order valence-electron chi connectivity index (χ1n) is 25.1. The number of hydrogen-bond donors (Lipinski definition) is 0.